The molecular formula is C34H43N5O4. The summed E-state index contributed by atoms with van der Waals surface area (Å²) in [6.45, 7) is 14.2. The molecule has 3 rings (SSSR count). The fourth-order valence-electron chi connectivity index (χ4n) is 4.53. The number of rotatable bonds is 12. The molecule has 1 fully saturated rings. The number of likely N-dealkylation sites (tertiary alicyclic amines) is 1. The first kappa shape index (κ1) is 34.4. The van der Waals surface area contributed by atoms with E-state index in [0.29, 0.717) is 59.7 Å². The Labute approximate surface area is 254 Å². The number of hydrogen-bond acceptors (Lipinski definition) is 8. The number of methoxy groups -OCH3 is 1. The van der Waals surface area contributed by atoms with E-state index in [1.165, 1.54) is 13.3 Å². The Morgan fingerprint density at radius 3 is 2.51 bits per heavy atom. The smallest absolute Gasteiger partial charge is 0.253 e. The predicted octanol–water partition coefficient (Wildman–Crippen LogP) is 6.66. The van der Waals surface area contributed by atoms with Crippen molar-refractivity contribution in [3.8, 4) is 0 Å². The van der Waals surface area contributed by atoms with Gasteiger partial charge in [-0.25, -0.2) is 0 Å². The van der Waals surface area contributed by atoms with Crippen molar-refractivity contribution in [2.45, 2.75) is 39.2 Å². The molecule has 0 aliphatic carbocycles. The minimum Gasteiger partial charge on any atom is -0.508 e. The number of aliphatic hydroxyl groups excluding tert-OH is 1. The number of carbonyl (C=O) groups is 1. The van der Waals surface area contributed by atoms with Crippen molar-refractivity contribution in [3.63, 3.8) is 0 Å². The number of allylic oxidation sites excluding steroid dienone is 6. The average Bonchev–Trinajstić information content (AvgIpc) is 3.04. The summed E-state index contributed by atoms with van der Waals surface area (Å²) in [6.07, 6.45) is 12.1. The van der Waals surface area contributed by atoms with Gasteiger partial charge in [0.2, 0.25) is 0 Å². The third kappa shape index (κ3) is 9.37. The van der Waals surface area contributed by atoms with Crippen molar-refractivity contribution in [1.82, 2.24) is 9.88 Å². The van der Waals surface area contributed by atoms with Crippen LogP contribution in [0.4, 0.5) is 11.4 Å². The first-order valence-electron chi connectivity index (χ1n) is 14.2. The number of aliphatic imine (C=N–C) groups is 1. The summed E-state index contributed by atoms with van der Waals surface area (Å²) in [4.78, 5) is 23.4. The Morgan fingerprint density at radius 2 is 1.95 bits per heavy atom. The van der Waals surface area contributed by atoms with E-state index in [4.69, 9.17) is 10.1 Å². The van der Waals surface area contributed by atoms with Crippen LogP contribution in [0.15, 0.2) is 107 Å². The van der Waals surface area contributed by atoms with Gasteiger partial charge in [0, 0.05) is 48.8 Å². The molecule has 1 aromatic carbocycles. The van der Waals surface area contributed by atoms with Gasteiger partial charge in [-0.1, -0.05) is 32.6 Å². The SMILES string of the molecule is C=Nc1cc(C(=O)N2CCC(O)(c3ccccn3)CC2)ccc1NC/C(=C/C(=C\C)C(/C=C\C=N)=C\OC)C(=C)O.CC. The molecule has 2 heterocycles. The van der Waals surface area contributed by atoms with Crippen LogP contribution in [0.3, 0.4) is 0 Å². The number of amides is 1. The van der Waals surface area contributed by atoms with Crippen molar-refractivity contribution < 1.29 is 19.7 Å². The zero-order valence-corrected chi connectivity index (χ0v) is 25.5. The number of carbonyl (C=O) groups excluding carboxylic acids is 1. The standard InChI is InChI=1S/C32H37N5O4.C2H6/c1-5-24(26(22-41-4)9-8-15-33)19-27(23(2)38)21-36-28-12-11-25(20-29(28)34-3)31(39)37-17-13-32(40,14-18-37)30-10-6-7-16-35-30;1-2/h5-12,15-16,19-20,22,33,36,38,40H,2-3,13-14,17-18,21H2,1,4H3;1-2H3/b9-8-,24-5+,26-22-,27-19-,33-15?;. The lowest BCUT2D eigenvalue weighted by Crippen LogP contribution is -2.45. The van der Waals surface area contributed by atoms with E-state index in [0.717, 1.165) is 5.57 Å². The highest BCUT2D eigenvalue weighted by atomic mass is 16.5. The number of nitrogens with zero attached hydrogens (tertiary/aromatic N) is 3. The van der Waals surface area contributed by atoms with Gasteiger partial charge in [-0.05, 0) is 80.6 Å². The van der Waals surface area contributed by atoms with E-state index in [2.05, 4.69) is 28.6 Å². The second kappa shape index (κ2) is 17.3. The van der Waals surface area contributed by atoms with E-state index >= 15 is 0 Å². The number of anilines is 1. The molecule has 1 amide bonds. The van der Waals surface area contributed by atoms with Gasteiger partial charge in [0.05, 0.1) is 30.4 Å². The van der Waals surface area contributed by atoms with Gasteiger partial charge in [-0.15, -0.1) is 0 Å². The van der Waals surface area contributed by atoms with Gasteiger partial charge in [0.1, 0.15) is 11.4 Å². The quantitative estimate of drug-likeness (QED) is 0.125. The van der Waals surface area contributed by atoms with Gasteiger partial charge in [-0.3, -0.25) is 14.8 Å². The van der Waals surface area contributed by atoms with Crippen LogP contribution in [-0.2, 0) is 10.3 Å². The number of aromatic nitrogens is 1. The van der Waals surface area contributed by atoms with Crippen LogP contribution >= 0.6 is 0 Å². The van der Waals surface area contributed by atoms with Crippen molar-refractivity contribution in [1.29, 1.82) is 5.41 Å². The Hall–Kier alpha value is -4.76. The van der Waals surface area contributed by atoms with Crippen molar-refractivity contribution >= 4 is 30.2 Å². The normalized spacial score (nSPS) is 15.3. The van der Waals surface area contributed by atoms with E-state index in [1.54, 1.807) is 53.8 Å². The Morgan fingerprint density at radius 1 is 1.23 bits per heavy atom. The van der Waals surface area contributed by atoms with Crippen molar-refractivity contribution in [3.05, 3.63) is 113 Å². The summed E-state index contributed by atoms with van der Waals surface area (Å²) in [5.41, 5.74) is 3.15. The number of aliphatic hydroxyl groups is 2. The zero-order valence-electron chi connectivity index (χ0n) is 25.5. The molecular weight excluding hydrogens is 542 g/mol. The number of nitrogens with one attached hydrogen (secondary N) is 2. The maximum atomic E-state index is 13.3. The third-order valence-electron chi connectivity index (χ3n) is 6.87. The fraction of sp³-hybridized carbons (Fsp3) is 0.294. The minimum atomic E-state index is -1.05. The van der Waals surface area contributed by atoms with Crippen LogP contribution in [-0.4, -0.2) is 65.7 Å². The maximum absolute atomic E-state index is 13.3. The Bertz CT molecular complexity index is 1380. The van der Waals surface area contributed by atoms with Crippen LogP contribution in [0, 0.1) is 5.41 Å². The van der Waals surface area contributed by atoms with Gasteiger partial charge in [0.15, 0.2) is 0 Å². The highest BCUT2D eigenvalue weighted by Crippen LogP contribution is 2.33. The number of piperidine rings is 1. The van der Waals surface area contributed by atoms with E-state index in [-0.39, 0.29) is 18.2 Å². The molecule has 1 aliphatic rings. The largest absolute Gasteiger partial charge is 0.508 e. The highest BCUT2D eigenvalue weighted by molar-refractivity contribution is 5.96. The van der Waals surface area contributed by atoms with Gasteiger partial charge < -0.3 is 30.6 Å². The summed E-state index contributed by atoms with van der Waals surface area (Å²) in [6, 6.07) is 10.6. The average molecular weight is 586 g/mol. The molecule has 43 heavy (non-hydrogen) atoms. The summed E-state index contributed by atoms with van der Waals surface area (Å²) in [5.74, 6) is -0.262. The molecule has 0 radical (unpaired) electrons. The molecule has 1 aliphatic heterocycles. The lowest BCUT2D eigenvalue weighted by molar-refractivity contribution is -0.0244. The molecule has 0 saturated carbocycles. The number of hydrogen-bond donors (Lipinski definition) is 4. The van der Waals surface area contributed by atoms with Crippen LogP contribution in [0.25, 0.3) is 0 Å². The van der Waals surface area contributed by atoms with Crippen molar-refractivity contribution in [2.75, 3.05) is 32.1 Å². The Balaban J connectivity index is 0.00000316. The molecule has 0 bridgehead atoms. The molecule has 0 unspecified atom stereocenters. The first-order chi connectivity index (χ1) is 20.8. The fourth-order valence-corrected chi connectivity index (χ4v) is 4.53. The van der Waals surface area contributed by atoms with Gasteiger partial charge in [-0.2, -0.15) is 0 Å². The van der Waals surface area contributed by atoms with E-state index < -0.39 is 5.60 Å². The minimum absolute atomic E-state index is 0.111. The first-order valence-corrected chi connectivity index (χ1v) is 14.2. The van der Waals surface area contributed by atoms with E-state index in [1.807, 2.05) is 45.0 Å². The number of pyridine rings is 1. The molecule has 9 nitrogen and oxygen atoms in total. The molecule has 0 atom stereocenters. The summed E-state index contributed by atoms with van der Waals surface area (Å²) < 4.78 is 5.17. The second-order valence-electron chi connectivity index (χ2n) is 9.48. The zero-order chi connectivity index (χ0) is 31.8. The summed E-state index contributed by atoms with van der Waals surface area (Å²) in [5, 5.41) is 31.8. The Kier molecular flexibility index (Phi) is 13.8. The second-order valence-corrected chi connectivity index (χ2v) is 9.48. The number of benzene rings is 1. The monoisotopic (exact) mass is 585 g/mol. The molecule has 9 heteroatoms. The lowest BCUT2D eigenvalue weighted by Gasteiger charge is -2.37. The van der Waals surface area contributed by atoms with Gasteiger partial charge >= 0.3 is 0 Å². The molecule has 2 aromatic rings. The third-order valence-corrected chi connectivity index (χ3v) is 6.87. The van der Waals surface area contributed by atoms with Crippen LogP contribution in [0.1, 0.15) is 49.7 Å². The summed E-state index contributed by atoms with van der Waals surface area (Å²) in [7, 11) is 1.54. The molecule has 4 N–H and O–H groups in total. The highest BCUT2D eigenvalue weighted by Gasteiger charge is 2.36. The molecule has 1 aromatic heterocycles. The van der Waals surface area contributed by atoms with Crippen LogP contribution in [0.5, 0.6) is 0 Å². The molecule has 1 saturated heterocycles. The summed E-state index contributed by atoms with van der Waals surface area (Å²) >= 11 is 0. The lowest BCUT2D eigenvalue weighted by atomic mass is 9.87. The topological polar surface area (TPSA) is 131 Å². The van der Waals surface area contributed by atoms with Crippen molar-refractivity contribution in [2.24, 2.45) is 4.99 Å². The van der Waals surface area contributed by atoms with E-state index in [9.17, 15) is 15.0 Å². The molecule has 228 valence electrons. The van der Waals surface area contributed by atoms with Gasteiger partial charge in [0.25, 0.3) is 5.91 Å². The van der Waals surface area contributed by atoms with Crippen LogP contribution < -0.4 is 5.32 Å². The maximum Gasteiger partial charge on any atom is 0.253 e. The molecule has 0 spiro atoms. The predicted molar refractivity (Wildman–Crippen MR) is 175 cm³/mol. The number of ether oxygens (including phenoxy) is 1. The van der Waals surface area contributed by atoms with Crippen LogP contribution in [0.2, 0.25) is 0 Å².